The van der Waals surface area contributed by atoms with Crippen molar-refractivity contribution in [2.75, 3.05) is 5.73 Å². The van der Waals surface area contributed by atoms with Crippen LogP contribution in [-0.2, 0) is 12.5 Å². The molecule has 2 aromatic rings. The lowest BCUT2D eigenvalue weighted by molar-refractivity contribution is 0.0936. The lowest BCUT2D eigenvalue weighted by Crippen LogP contribution is -2.23. The van der Waals surface area contributed by atoms with Crippen molar-refractivity contribution < 1.29 is 4.79 Å². The van der Waals surface area contributed by atoms with Gasteiger partial charge in [-0.15, -0.1) is 5.10 Å². The van der Waals surface area contributed by atoms with Crippen LogP contribution in [0.3, 0.4) is 0 Å². The SMILES string of the molecule is Cn1nnc(Br)c1C(=O)C1(c2ccc(N)cc2)CC1. The molecule has 2 N–H and O–H groups in total. The minimum absolute atomic E-state index is 0.0663. The summed E-state index contributed by atoms with van der Waals surface area (Å²) in [5.41, 5.74) is 7.51. The van der Waals surface area contributed by atoms with Gasteiger partial charge in [-0.2, -0.15) is 0 Å². The highest BCUT2D eigenvalue weighted by molar-refractivity contribution is 9.10. The van der Waals surface area contributed by atoms with Crippen LogP contribution in [0.4, 0.5) is 5.69 Å². The topological polar surface area (TPSA) is 73.8 Å². The predicted octanol–water partition coefficient (Wildman–Crippen LogP) is 2.07. The van der Waals surface area contributed by atoms with Crippen LogP contribution in [0.15, 0.2) is 28.9 Å². The van der Waals surface area contributed by atoms with Gasteiger partial charge in [0.2, 0.25) is 0 Å². The summed E-state index contributed by atoms with van der Waals surface area (Å²) in [6.07, 6.45) is 1.71. The number of anilines is 1. The molecule has 0 radical (unpaired) electrons. The first-order valence-corrected chi connectivity index (χ1v) is 6.80. The molecule has 5 nitrogen and oxygen atoms in total. The van der Waals surface area contributed by atoms with Crippen LogP contribution in [-0.4, -0.2) is 20.8 Å². The molecule has 0 spiro atoms. The number of nitrogen functional groups attached to an aromatic ring is 1. The van der Waals surface area contributed by atoms with Gasteiger partial charge in [0.05, 0.1) is 5.41 Å². The van der Waals surface area contributed by atoms with Crippen LogP contribution in [0, 0.1) is 0 Å². The number of nitrogens with two attached hydrogens (primary N) is 1. The molecule has 98 valence electrons. The minimum atomic E-state index is -0.425. The van der Waals surface area contributed by atoms with Gasteiger partial charge in [0.15, 0.2) is 10.4 Å². The highest BCUT2D eigenvalue weighted by Gasteiger charge is 2.52. The maximum Gasteiger partial charge on any atom is 0.194 e. The van der Waals surface area contributed by atoms with E-state index in [1.165, 1.54) is 4.68 Å². The lowest BCUT2D eigenvalue weighted by atomic mass is 9.89. The summed E-state index contributed by atoms with van der Waals surface area (Å²) in [6.45, 7) is 0. The number of hydrogen-bond acceptors (Lipinski definition) is 4. The Balaban J connectivity index is 2.02. The molecule has 0 atom stereocenters. The molecule has 1 aromatic heterocycles. The molecule has 1 aliphatic carbocycles. The Morgan fingerprint density at radius 3 is 2.47 bits per heavy atom. The van der Waals surface area contributed by atoms with Gasteiger partial charge in [-0.25, -0.2) is 4.68 Å². The van der Waals surface area contributed by atoms with Gasteiger partial charge in [-0.1, -0.05) is 17.3 Å². The predicted molar refractivity (Wildman–Crippen MR) is 74.8 cm³/mol. The minimum Gasteiger partial charge on any atom is -0.399 e. The van der Waals surface area contributed by atoms with E-state index in [1.807, 2.05) is 24.3 Å². The zero-order valence-electron chi connectivity index (χ0n) is 10.4. The molecule has 6 heteroatoms. The van der Waals surface area contributed by atoms with Crippen molar-refractivity contribution in [2.24, 2.45) is 7.05 Å². The number of aryl methyl sites for hydroxylation is 1. The average molecular weight is 321 g/mol. The van der Waals surface area contributed by atoms with E-state index in [2.05, 4.69) is 26.2 Å². The average Bonchev–Trinajstić information content (AvgIpc) is 3.12. The van der Waals surface area contributed by atoms with Crippen molar-refractivity contribution in [3.63, 3.8) is 0 Å². The fraction of sp³-hybridized carbons (Fsp3) is 0.308. The maximum absolute atomic E-state index is 12.8. The fourth-order valence-corrected chi connectivity index (χ4v) is 2.88. The normalized spacial score (nSPS) is 16.3. The molecule has 1 saturated carbocycles. The first-order chi connectivity index (χ1) is 9.04. The van der Waals surface area contributed by atoms with Gasteiger partial charge in [-0.3, -0.25) is 4.79 Å². The van der Waals surface area contributed by atoms with E-state index in [4.69, 9.17) is 5.73 Å². The van der Waals surface area contributed by atoms with E-state index in [0.717, 1.165) is 18.4 Å². The van der Waals surface area contributed by atoms with Gasteiger partial charge in [0.1, 0.15) is 5.69 Å². The molecular formula is C13H13BrN4O. The van der Waals surface area contributed by atoms with Crippen LogP contribution in [0.5, 0.6) is 0 Å². The zero-order valence-corrected chi connectivity index (χ0v) is 12.0. The van der Waals surface area contributed by atoms with Crippen molar-refractivity contribution >= 4 is 27.4 Å². The highest BCUT2D eigenvalue weighted by atomic mass is 79.9. The van der Waals surface area contributed by atoms with Crippen LogP contribution >= 0.6 is 15.9 Å². The molecule has 1 heterocycles. The second kappa shape index (κ2) is 4.16. The zero-order chi connectivity index (χ0) is 13.6. The molecule has 3 rings (SSSR count). The molecule has 1 aliphatic rings. The van der Waals surface area contributed by atoms with Gasteiger partial charge < -0.3 is 5.73 Å². The maximum atomic E-state index is 12.8. The summed E-state index contributed by atoms with van der Waals surface area (Å²) in [4.78, 5) is 12.8. The van der Waals surface area contributed by atoms with Crippen molar-refractivity contribution in [3.8, 4) is 0 Å². The molecular weight excluding hydrogens is 308 g/mol. The smallest absolute Gasteiger partial charge is 0.194 e. The Morgan fingerprint density at radius 1 is 1.37 bits per heavy atom. The Morgan fingerprint density at radius 2 is 2.00 bits per heavy atom. The standard InChI is InChI=1S/C13H13BrN4O/c1-18-10(12(14)16-17-18)11(19)13(6-7-13)8-2-4-9(15)5-3-8/h2-5H,6-7,15H2,1H3. The summed E-state index contributed by atoms with van der Waals surface area (Å²) in [5, 5.41) is 7.74. The second-order valence-electron chi connectivity index (χ2n) is 4.89. The Kier molecular flexibility index (Phi) is 2.70. The van der Waals surface area contributed by atoms with Gasteiger partial charge >= 0.3 is 0 Å². The first-order valence-electron chi connectivity index (χ1n) is 6.00. The van der Waals surface area contributed by atoms with E-state index in [1.54, 1.807) is 7.05 Å². The number of halogens is 1. The largest absolute Gasteiger partial charge is 0.399 e. The number of nitrogens with zero attached hydrogens (tertiary/aromatic N) is 3. The van der Waals surface area contributed by atoms with Gasteiger partial charge in [0.25, 0.3) is 0 Å². The Hall–Kier alpha value is -1.69. The molecule has 19 heavy (non-hydrogen) atoms. The number of carbonyl (C=O) groups excluding carboxylic acids is 1. The van der Waals surface area contributed by atoms with Crippen LogP contribution in [0.2, 0.25) is 0 Å². The number of ketones is 1. The Bertz CT molecular complexity index is 624. The van der Waals surface area contributed by atoms with E-state index >= 15 is 0 Å². The molecule has 0 saturated heterocycles. The Labute approximate surface area is 118 Å². The summed E-state index contributed by atoms with van der Waals surface area (Å²) in [7, 11) is 1.73. The van der Waals surface area contributed by atoms with Crippen molar-refractivity contribution in [1.82, 2.24) is 15.0 Å². The van der Waals surface area contributed by atoms with Crippen molar-refractivity contribution in [3.05, 3.63) is 40.1 Å². The second-order valence-corrected chi connectivity index (χ2v) is 5.64. The number of rotatable bonds is 3. The highest BCUT2D eigenvalue weighted by Crippen LogP contribution is 2.51. The summed E-state index contributed by atoms with van der Waals surface area (Å²) < 4.78 is 2.02. The monoisotopic (exact) mass is 320 g/mol. The third-order valence-corrected chi connectivity index (χ3v) is 4.18. The summed E-state index contributed by atoms with van der Waals surface area (Å²) >= 11 is 3.29. The van der Waals surface area contributed by atoms with Crippen LogP contribution in [0.25, 0.3) is 0 Å². The number of aromatic nitrogens is 3. The van der Waals surface area contributed by atoms with E-state index in [0.29, 0.717) is 16.0 Å². The molecule has 0 aliphatic heterocycles. The number of benzene rings is 1. The van der Waals surface area contributed by atoms with Crippen molar-refractivity contribution in [1.29, 1.82) is 0 Å². The number of hydrogen-bond donors (Lipinski definition) is 1. The van der Waals surface area contributed by atoms with Gasteiger partial charge in [0, 0.05) is 12.7 Å². The molecule has 0 amide bonds. The lowest BCUT2D eigenvalue weighted by Gasteiger charge is -2.14. The van der Waals surface area contributed by atoms with E-state index in [9.17, 15) is 4.79 Å². The molecule has 0 bridgehead atoms. The molecule has 0 unspecified atom stereocenters. The third-order valence-electron chi connectivity index (χ3n) is 3.65. The van der Waals surface area contributed by atoms with Crippen LogP contribution in [0.1, 0.15) is 28.9 Å². The third kappa shape index (κ3) is 1.87. The molecule has 1 aromatic carbocycles. The molecule has 1 fully saturated rings. The quantitative estimate of drug-likeness (QED) is 0.694. The summed E-state index contributed by atoms with van der Waals surface area (Å²) in [5.74, 6) is 0.0663. The van der Waals surface area contributed by atoms with Crippen molar-refractivity contribution in [2.45, 2.75) is 18.3 Å². The van der Waals surface area contributed by atoms with E-state index in [-0.39, 0.29) is 5.78 Å². The number of Topliss-reactive ketones (excluding diaryl/α,β-unsaturated/α-hetero) is 1. The number of carbonyl (C=O) groups is 1. The van der Waals surface area contributed by atoms with Gasteiger partial charge in [-0.05, 0) is 46.5 Å². The first kappa shape index (κ1) is 12.3. The summed E-state index contributed by atoms with van der Waals surface area (Å²) in [6, 6.07) is 7.52. The van der Waals surface area contributed by atoms with Crippen LogP contribution < -0.4 is 5.73 Å². The fourth-order valence-electron chi connectivity index (χ4n) is 2.37. The van der Waals surface area contributed by atoms with E-state index < -0.39 is 5.41 Å².